The van der Waals surface area contributed by atoms with Crippen LogP contribution in [0.3, 0.4) is 0 Å². The van der Waals surface area contributed by atoms with Crippen molar-refractivity contribution >= 4 is 62.3 Å². The smallest absolute Gasteiger partial charge is 0 e. The first-order valence-electron chi connectivity index (χ1n) is 0. The maximum Gasteiger partial charge on any atom is 0 e. The number of hydrogen-bond acceptors (Lipinski definition) is 0. The second-order valence-electron chi connectivity index (χ2n) is 0. The van der Waals surface area contributed by atoms with Gasteiger partial charge < -0.3 is 0 Å². The average Bonchev–Trinajstić information content (AvgIpc) is 0. The van der Waals surface area contributed by atoms with Gasteiger partial charge in [0.05, 0.1) is 0 Å². The van der Waals surface area contributed by atoms with Gasteiger partial charge in [-0.1, -0.05) is 0 Å². The molecule has 0 atom stereocenters. The minimum Gasteiger partial charge on any atom is -0.0149 e. The van der Waals surface area contributed by atoms with E-state index in [9.17, 15) is 0 Å². The Morgan fingerprint density at radius 1 is 1.00 bits per heavy atom. The van der Waals surface area contributed by atoms with Crippen LogP contribution in [0.5, 0.6) is 0 Å². The molecule has 0 amide bonds. The summed E-state index contributed by atoms with van der Waals surface area (Å²) < 4.78 is 0. The Morgan fingerprint density at radius 2 is 1.00 bits per heavy atom. The minimum atomic E-state index is 0. The van der Waals surface area contributed by atoms with Gasteiger partial charge in [-0.3, -0.25) is 0 Å². The van der Waals surface area contributed by atoms with Gasteiger partial charge in [0, 0.05) is 63.6 Å². The quantitative estimate of drug-likeness (QED) is 0.445. The van der Waals surface area contributed by atoms with Crippen molar-refractivity contribution in [3.8, 4) is 0 Å². The van der Waals surface area contributed by atoms with Crippen molar-refractivity contribution in [2.45, 2.75) is 0 Å². The summed E-state index contributed by atoms with van der Waals surface area (Å²) in [6.45, 7) is 0. The molecule has 0 aromatic carbocycles. The molecule has 0 aliphatic rings. The van der Waals surface area contributed by atoms with Gasteiger partial charge in [0.2, 0.25) is 0 Å². The molecule has 0 aliphatic heterocycles. The number of rotatable bonds is 0. The van der Waals surface area contributed by atoms with E-state index in [2.05, 4.69) is 0 Å². The first-order chi connectivity index (χ1) is 0. The van der Waals surface area contributed by atoms with Crippen LogP contribution in [0, 0.1) is 0 Å². The fourth-order valence-electron chi connectivity index (χ4n) is 0. The standard InChI is InChI=1S/K.Nb.H4Si.Ti.Zn.H/h;;1H4;;;. The summed E-state index contributed by atoms with van der Waals surface area (Å²) in [6, 6.07) is 0. The van der Waals surface area contributed by atoms with Gasteiger partial charge in [-0.2, -0.15) is 0 Å². The molecule has 5 heavy (non-hydrogen) atoms. The molecule has 0 aromatic rings. The Balaban J connectivity index is 0. The molecule has 0 saturated carbocycles. The van der Waals surface area contributed by atoms with Crippen molar-refractivity contribution in [2.24, 2.45) is 0 Å². The van der Waals surface area contributed by atoms with Crippen LogP contribution < -0.4 is 0 Å². The van der Waals surface area contributed by atoms with Crippen molar-refractivity contribution in [1.82, 2.24) is 0 Å². The van der Waals surface area contributed by atoms with Crippen molar-refractivity contribution < 1.29 is 63.6 Å². The van der Waals surface area contributed by atoms with Crippen LogP contribution in [0.2, 0.25) is 0 Å². The second kappa shape index (κ2) is 24.7. The third-order valence-corrected chi connectivity index (χ3v) is 0. The van der Waals surface area contributed by atoms with Crippen molar-refractivity contribution in [1.29, 1.82) is 0 Å². The molecule has 0 fully saturated rings. The van der Waals surface area contributed by atoms with Gasteiger partial charge >= 0.3 is 51.4 Å². The molecule has 0 unspecified atom stereocenters. The molecule has 0 spiro atoms. The van der Waals surface area contributed by atoms with Crippen molar-refractivity contribution in [3.05, 3.63) is 0 Å². The van der Waals surface area contributed by atoms with E-state index >= 15 is 0 Å². The zero-order valence-electron chi connectivity index (χ0n) is 1.65. The van der Waals surface area contributed by atoms with E-state index < -0.39 is 0 Å². The topological polar surface area (TPSA) is 0 Å². The van der Waals surface area contributed by atoms with Gasteiger partial charge in [-0.25, -0.2) is 0 Å². The maximum atomic E-state index is 0. The molecule has 0 nitrogen and oxygen atoms in total. The van der Waals surface area contributed by atoms with E-state index in [-0.39, 0.29) is 126 Å². The fraction of sp³-hybridized carbons (Fsp3) is 0. The molecule has 5 heteroatoms. The van der Waals surface area contributed by atoms with Crippen molar-refractivity contribution in [3.63, 3.8) is 0 Å². The van der Waals surface area contributed by atoms with Crippen molar-refractivity contribution in [2.75, 3.05) is 0 Å². The third kappa shape index (κ3) is 18.1. The summed E-state index contributed by atoms with van der Waals surface area (Å²) in [5.74, 6) is 0. The Hall–Kier alpha value is 3.93. The normalized spacial score (nSPS) is 0. The largest absolute Gasteiger partial charge is 0.0149 e. The first kappa shape index (κ1) is 36.4. The summed E-state index contributed by atoms with van der Waals surface area (Å²) in [7, 11) is 0. The Kier molecular flexibility index (Phi) is 179. The Labute approximate surface area is 123 Å². The van der Waals surface area contributed by atoms with E-state index in [1.54, 1.807) is 0 Å². The molecule has 0 aromatic heterocycles. The van der Waals surface area contributed by atoms with E-state index in [4.69, 9.17) is 0 Å². The predicted octanol–water partition coefficient (Wildman–Crippen LogP) is -2.11. The Morgan fingerprint density at radius 3 is 1.00 bits per heavy atom. The molecule has 21 valence electrons. The summed E-state index contributed by atoms with van der Waals surface area (Å²) in [6.07, 6.45) is 0. The Bertz CT molecular complexity index is 11.6. The maximum absolute atomic E-state index is 0. The first-order valence-corrected chi connectivity index (χ1v) is 0. The zero-order valence-corrected chi connectivity index (χ0v) is 8.38. The van der Waals surface area contributed by atoms with Crippen LogP contribution in [0.4, 0.5) is 0 Å². The monoisotopic (exact) mass is 277 g/mol. The summed E-state index contributed by atoms with van der Waals surface area (Å²) in [4.78, 5) is 0. The average molecular weight is 278 g/mol. The molecule has 0 rings (SSSR count). The van der Waals surface area contributed by atoms with Crippen LogP contribution in [-0.2, 0) is 63.6 Å². The van der Waals surface area contributed by atoms with Gasteiger partial charge in [-0.15, -0.1) is 0 Å². The van der Waals surface area contributed by atoms with Crippen LogP contribution in [-0.4, -0.2) is 62.3 Å². The molecule has 0 heterocycles. The van der Waals surface area contributed by atoms with Gasteiger partial charge in [0.25, 0.3) is 0 Å². The van der Waals surface area contributed by atoms with Crippen LogP contribution >= 0.6 is 0 Å². The molecule has 0 N–H and O–H groups in total. The molecule has 0 bridgehead atoms. The fourth-order valence-corrected chi connectivity index (χ4v) is 0. The molecule has 0 aliphatic carbocycles. The minimum absolute atomic E-state index is 0. The third-order valence-electron chi connectivity index (χ3n) is 0. The molecular weight excluding hydrogens is 273 g/mol. The van der Waals surface area contributed by atoms with E-state index in [1.807, 2.05) is 0 Å². The predicted molar refractivity (Wildman–Crippen MR) is 18.5 cm³/mol. The van der Waals surface area contributed by atoms with E-state index in [0.717, 1.165) is 0 Å². The van der Waals surface area contributed by atoms with E-state index in [1.165, 1.54) is 0 Å². The molecular formula is H5KNbSiTiZn. The number of hydrogen-bond donors (Lipinski definition) is 0. The zero-order chi connectivity index (χ0) is 0. The molecule has 1 radical (unpaired) electrons. The van der Waals surface area contributed by atoms with Crippen LogP contribution in [0.15, 0.2) is 0 Å². The second-order valence-corrected chi connectivity index (χ2v) is 0. The van der Waals surface area contributed by atoms with Gasteiger partial charge in [-0.05, 0) is 11.0 Å². The van der Waals surface area contributed by atoms with Gasteiger partial charge in [0.15, 0.2) is 0 Å². The summed E-state index contributed by atoms with van der Waals surface area (Å²) in [5.41, 5.74) is 0. The van der Waals surface area contributed by atoms with Crippen LogP contribution in [0.25, 0.3) is 0 Å². The van der Waals surface area contributed by atoms with Gasteiger partial charge in [0.1, 0.15) is 0 Å². The van der Waals surface area contributed by atoms with E-state index in [0.29, 0.717) is 0 Å². The SMILES string of the molecule is [KH].[Nb].[SiH4].[Ti].[Zn]. The van der Waals surface area contributed by atoms with Crippen LogP contribution in [0.1, 0.15) is 0 Å². The summed E-state index contributed by atoms with van der Waals surface area (Å²) in [5, 5.41) is 0. The summed E-state index contributed by atoms with van der Waals surface area (Å²) >= 11 is 0. The molecule has 0 saturated heterocycles.